The van der Waals surface area contributed by atoms with Gasteiger partial charge < -0.3 is 20.0 Å². The maximum Gasteiger partial charge on any atom is 0.132 e. The quantitative estimate of drug-likeness (QED) is 0.766. The molecule has 0 fully saturated rings. The number of hydrogen-bond donors (Lipinski definition) is 2. The Morgan fingerprint density at radius 1 is 1.38 bits per heavy atom. The number of carbonyl (C=O) groups excluding carboxylic acids is 1. The van der Waals surface area contributed by atoms with E-state index < -0.39 is 0 Å². The molecule has 0 atom stereocenters. The number of ketones is 1. The molecule has 1 aromatic carbocycles. The molecular weight excluding hydrogens is 268 g/mol. The fraction of sp³-hybridized carbons (Fsp3) is 0.375. The minimum atomic E-state index is -0.0881. The number of benzene rings is 1. The number of rotatable bonds is 7. The molecule has 21 heavy (non-hydrogen) atoms. The molecule has 0 spiro atoms. The maximum absolute atomic E-state index is 10.9. The van der Waals surface area contributed by atoms with E-state index in [0.29, 0.717) is 18.8 Å². The van der Waals surface area contributed by atoms with Gasteiger partial charge in [-0.05, 0) is 37.6 Å². The SMILES string of the molecule is COc1ccc2nc(NCCCC(C)=O)c(CO)cc2c1. The predicted octanol–water partition coefficient (Wildman–Crippen LogP) is 2.52. The van der Waals surface area contributed by atoms with E-state index in [1.54, 1.807) is 14.0 Å². The molecule has 5 heteroatoms. The van der Waals surface area contributed by atoms with E-state index in [4.69, 9.17) is 4.74 Å². The Hall–Kier alpha value is -2.14. The number of aliphatic hydroxyl groups excluding tert-OH is 1. The summed E-state index contributed by atoms with van der Waals surface area (Å²) in [5.41, 5.74) is 1.57. The first-order valence-corrected chi connectivity index (χ1v) is 6.96. The number of aliphatic hydroxyl groups is 1. The fourth-order valence-electron chi connectivity index (χ4n) is 2.14. The minimum Gasteiger partial charge on any atom is -0.497 e. The molecule has 1 aromatic heterocycles. The first kappa shape index (κ1) is 15.3. The summed E-state index contributed by atoms with van der Waals surface area (Å²) in [5.74, 6) is 1.60. The lowest BCUT2D eigenvalue weighted by molar-refractivity contribution is -0.117. The topological polar surface area (TPSA) is 71.5 Å². The summed E-state index contributed by atoms with van der Waals surface area (Å²) in [6, 6.07) is 7.53. The molecule has 2 N–H and O–H groups in total. The molecule has 0 unspecified atom stereocenters. The monoisotopic (exact) mass is 288 g/mol. The smallest absolute Gasteiger partial charge is 0.132 e. The first-order valence-electron chi connectivity index (χ1n) is 6.96. The van der Waals surface area contributed by atoms with Gasteiger partial charge in [0.15, 0.2) is 0 Å². The third-order valence-electron chi connectivity index (χ3n) is 3.27. The zero-order chi connectivity index (χ0) is 15.2. The van der Waals surface area contributed by atoms with E-state index in [1.807, 2.05) is 24.3 Å². The van der Waals surface area contributed by atoms with Crippen LogP contribution < -0.4 is 10.1 Å². The molecule has 2 aromatic rings. The van der Waals surface area contributed by atoms with Crippen LogP contribution in [0.15, 0.2) is 24.3 Å². The summed E-state index contributed by atoms with van der Waals surface area (Å²) in [6.07, 6.45) is 1.30. The van der Waals surface area contributed by atoms with Crippen molar-refractivity contribution in [3.63, 3.8) is 0 Å². The lowest BCUT2D eigenvalue weighted by atomic mass is 10.1. The number of methoxy groups -OCH3 is 1. The Kier molecular flexibility index (Phi) is 5.11. The number of fused-ring (bicyclic) bond motifs is 1. The van der Waals surface area contributed by atoms with Gasteiger partial charge in [0.05, 0.1) is 19.2 Å². The van der Waals surface area contributed by atoms with Crippen LogP contribution in [0.1, 0.15) is 25.3 Å². The molecule has 0 aliphatic heterocycles. The summed E-state index contributed by atoms with van der Waals surface area (Å²) < 4.78 is 5.19. The van der Waals surface area contributed by atoms with E-state index in [9.17, 15) is 9.90 Å². The molecule has 0 amide bonds. The molecule has 1 heterocycles. The molecule has 0 saturated heterocycles. The van der Waals surface area contributed by atoms with Crippen molar-refractivity contribution in [1.29, 1.82) is 0 Å². The number of anilines is 1. The van der Waals surface area contributed by atoms with Crippen LogP contribution in [-0.2, 0) is 11.4 Å². The standard InChI is InChI=1S/C16H20N2O3/c1-11(20)4-3-7-17-16-13(10-19)8-12-9-14(21-2)5-6-15(12)18-16/h5-6,8-9,19H,3-4,7,10H2,1-2H3,(H,17,18). The van der Waals surface area contributed by atoms with Crippen molar-refractivity contribution in [3.05, 3.63) is 29.8 Å². The number of nitrogens with one attached hydrogen (secondary N) is 1. The van der Waals surface area contributed by atoms with Crippen LogP contribution in [-0.4, -0.2) is 29.5 Å². The average molecular weight is 288 g/mol. The van der Waals surface area contributed by atoms with Crippen LogP contribution in [0.4, 0.5) is 5.82 Å². The molecular formula is C16H20N2O3. The van der Waals surface area contributed by atoms with Crippen LogP contribution in [0.5, 0.6) is 5.75 Å². The van der Waals surface area contributed by atoms with Gasteiger partial charge in [-0.25, -0.2) is 4.98 Å². The van der Waals surface area contributed by atoms with Gasteiger partial charge in [0.1, 0.15) is 17.4 Å². The molecule has 0 radical (unpaired) electrons. The second kappa shape index (κ2) is 7.04. The second-order valence-electron chi connectivity index (χ2n) is 4.95. The molecule has 0 saturated carbocycles. The third kappa shape index (κ3) is 3.92. The highest BCUT2D eigenvalue weighted by atomic mass is 16.5. The number of carbonyl (C=O) groups is 1. The molecule has 5 nitrogen and oxygen atoms in total. The van der Waals surface area contributed by atoms with Crippen LogP contribution in [0.2, 0.25) is 0 Å². The number of nitrogens with zero attached hydrogens (tertiary/aromatic N) is 1. The van der Waals surface area contributed by atoms with Gasteiger partial charge in [-0.1, -0.05) is 0 Å². The number of ether oxygens (including phenoxy) is 1. The fourth-order valence-corrected chi connectivity index (χ4v) is 2.14. The van der Waals surface area contributed by atoms with Gasteiger partial charge in [0, 0.05) is 23.9 Å². The lowest BCUT2D eigenvalue weighted by Crippen LogP contribution is -2.08. The largest absolute Gasteiger partial charge is 0.497 e. The molecule has 0 aliphatic rings. The van der Waals surface area contributed by atoms with Crippen molar-refractivity contribution >= 4 is 22.5 Å². The van der Waals surface area contributed by atoms with Crippen LogP contribution >= 0.6 is 0 Å². The molecule has 112 valence electrons. The van der Waals surface area contributed by atoms with Crippen molar-refractivity contribution in [2.24, 2.45) is 0 Å². The van der Waals surface area contributed by atoms with Gasteiger partial charge >= 0.3 is 0 Å². The summed E-state index contributed by atoms with van der Waals surface area (Å²) in [5, 5.41) is 13.6. The highest BCUT2D eigenvalue weighted by Gasteiger charge is 2.07. The highest BCUT2D eigenvalue weighted by Crippen LogP contribution is 2.24. The number of aromatic nitrogens is 1. The van der Waals surface area contributed by atoms with Crippen molar-refractivity contribution < 1.29 is 14.6 Å². The summed E-state index contributed by atoms with van der Waals surface area (Å²) in [4.78, 5) is 15.4. The average Bonchev–Trinajstić information content (AvgIpc) is 2.49. The first-order chi connectivity index (χ1) is 10.1. The second-order valence-corrected chi connectivity index (χ2v) is 4.95. The summed E-state index contributed by atoms with van der Waals surface area (Å²) >= 11 is 0. The summed E-state index contributed by atoms with van der Waals surface area (Å²) in [6.45, 7) is 2.15. The van der Waals surface area contributed by atoms with Gasteiger partial charge in [-0.15, -0.1) is 0 Å². The maximum atomic E-state index is 10.9. The Morgan fingerprint density at radius 2 is 2.19 bits per heavy atom. The zero-order valence-corrected chi connectivity index (χ0v) is 12.3. The van der Waals surface area contributed by atoms with Crippen molar-refractivity contribution in [2.45, 2.75) is 26.4 Å². The number of Topliss-reactive ketones (excluding diaryl/α,β-unsaturated/α-hetero) is 1. The molecule has 0 bridgehead atoms. The van der Waals surface area contributed by atoms with Gasteiger partial charge in [0.2, 0.25) is 0 Å². The van der Waals surface area contributed by atoms with Crippen molar-refractivity contribution in [2.75, 3.05) is 19.0 Å². The van der Waals surface area contributed by atoms with Crippen molar-refractivity contribution in [3.8, 4) is 5.75 Å². The van der Waals surface area contributed by atoms with E-state index >= 15 is 0 Å². The van der Waals surface area contributed by atoms with Gasteiger partial charge in [-0.3, -0.25) is 0 Å². The normalized spacial score (nSPS) is 10.6. The van der Waals surface area contributed by atoms with Gasteiger partial charge in [-0.2, -0.15) is 0 Å². The number of pyridine rings is 1. The minimum absolute atomic E-state index is 0.0881. The summed E-state index contributed by atoms with van der Waals surface area (Å²) in [7, 11) is 1.62. The zero-order valence-electron chi connectivity index (χ0n) is 12.3. The molecule has 2 rings (SSSR count). The van der Waals surface area contributed by atoms with Crippen LogP contribution in [0.25, 0.3) is 10.9 Å². The van der Waals surface area contributed by atoms with Crippen LogP contribution in [0.3, 0.4) is 0 Å². The van der Waals surface area contributed by atoms with Crippen LogP contribution in [0, 0.1) is 0 Å². The Balaban J connectivity index is 2.20. The van der Waals surface area contributed by atoms with E-state index in [-0.39, 0.29) is 12.4 Å². The van der Waals surface area contributed by atoms with E-state index in [0.717, 1.165) is 28.6 Å². The number of hydrogen-bond acceptors (Lipinski definition) is 5. The van der Waals surface area contributed by atoms with Crippen molar-refractivity contribution in [1.82, 2.24) is 4.98 Å². The Labute approximate surface area is 124 Å². The Bertz CT molecular complexity index is 641. The van der Waals surface area contributed by atoms with E-state index in [1.165, 1.54) is 0 Å². The van der Waals surface area contributed by atoms with Gasteiger partial charge in [0.25, 0.3) is 0 Å². The predicted molar refractivity (Wildman–Crippen MR) is 82.6 cm³/mol. The highest BCUT2D eigenvalue weighted by molar-refractivity contribution is 5.83. The lowest BCUT2D eigenvalue weighted by Gasteiger charge is -2.11. The third-order valence-corrected chi connectivity index (χ3v) is 3.27. The molecule has 0 aliphatic carbocycles. The Morgan fingerprint density at radius 3 is 2.86 bits per heavy atom. The van der Waals surface area contributed by atoms with E-state index in [2.05, 4.69) is 10.3 Å².